The number of hydrogen-bond acceptors (Lipinski definition) is 5. The molecule has 7 heteroatoms. The smallest absolute Gasteiger partial charge is 0.255 e. The molecule has 3 N–H and O–H groups in total. The first-order valence-electron chi connectivity index (χ1n) is 6.73. The highest BCUT2D eigenvalue weighted by Crippen LogP contribution is 2.28. The zero-order valence-electron chi connectivity index (χ0n) is 11.3. The lowest BCUT2D eigenvalue weighted by Gasteiger charge is -2.29. The van der Waals surface area contributed by atoms with Crippen molar-refractivity contribution in [3.8, 4) is 0 Å². The Labute approximate surface area is 120 Å². The average molecular weight is 289 g/mol. The van der Waals surface area contributed by atoms with Crippen LogP contribution in [0.5, 0.6) is 0 Å². The molecule has 7 nitrogen and oxygen atoms in total. The van der Waals surface area contributed by atoms with Gasteiger partial charge in [0.25, 0.3) is 5.91 Å². The monoisotopic (exact) mass is 289 g/mol. The molecule has 1 atom stereocenters. The number of hydrogen-bond donors (Lipinski definition) is 3. The number of imide groups is 1. The number of hydroxylamine groups is 1. The van der Waals surface area contributed by atoms with E-state index in [4.69, 9.17) is 5.21 Å². The van der Waals surface area contributed by atoms with E-state index in [1.54, 1.807) is 12.1 Å². The predicted molar refractivity (Wildman–Crippen MR) is 71.1 cm³/mol. The predicted octanol–water partition coefficient (Wildman–Crippen LogP) is -0.0736. The van der Waals surface area contributed by atoms with Crippen molar-refractivity contribution >= 4 is 17.7 Å². The van der Waals surface area contributed by atoms with Crippen LogP contribution < -0.4 is 10.8 Å². The molecule has 2 aliphatic heterocycles. The molecule has 2 aliphatic rings. The second-order valence-electron chi connectivity index (χ2n) is 5.23. The van der Waals surface area contributed by atoms with Crippen LogP contribution in [0.25, 0.3) is 0 Å². The second kappa shape index (κ2) is 5.27. The van der Waals surface area contributed by atoms with Crippen molar-refractivity contribution in [1.82, 2.24) is 15.7 Å². The Morgan fingerprint density at radius 1 is 1.33 bits per heavy atom. The van der Waals surface area contributed by atoms with Crippen molar-refractivity contribution in [2.45, 2.75) is 32.0 Å². The van der Waals surface area contributed by atoms with Crippen LogP contribution in [0.1, 0.15) is 34.3 Å². The lowest BCUT2D eigenvalue weighted by molar-refractivity contribution is -0.136. The fourth-order valence-electron chi connectivity index (χ4n) is 2.83. The van der Waals surface area contributed by atoms with Crippen molar-refractivity contribution in [3.05, 3.63) is 34.9 Å². The van der Waals surface area contributed by atoms with Crippen LogP contribution in [0, 0.1) is 0 Å². The van der Waals surface area contributed by atoms with Gasteiger partial charge in [-0.05, 0) is 23.6 Å². The van der Waals surface area contributed by atoms with E-state index in [1.807, 2.05) is 6.07 Å². The zero-order valence-corrected chi connectivity index (χ0v) is 11.3. The van der Waals surface area contributed by atoms with Gasteiger partial charge < -0.3 is 10.1 Å². The summed E-state index contributed by atoms with van der Waals surface area (Å²) in [5.41, 5.74) is 4.33. The number of nitrogens with zero attached hydrogens (tertiary/aromatic N) is 1. The molecule has 0 aromatic heterocycles. The molecule has 0 bridgehead atoms. The van der Waals surface area contributed by atoms with Gasteiger partial charge in [-0.2, -0.15) is 0 Å². The highest BCUT2D eigenvalue weighted by molar-refractivity contribution is 6.05. The van der Waals surface area contributed by atoms with Gasteiger partial charge in [0.1, 0.15) is 6.04 Å². The highest BCUT2D eigenvalue weighted by atomic mass is 16.5. The minimum Gasteiger partial charge on any atom is -0.322 e. The van der Waals surface area contributed by atoms with E-state index < -0.39 is 11.9 Å². The van der Waals surface area contributed by atoms with Crippen LogP contribution in [0.15, 0.2) is 18.2 Å². The van der Waals surface area contributed by atoms with E-state index in [0.717, 1.165) is 11.1 Å². The maximum Gasteiger partial charge on any atom is 0.255 e. The van der Waals surface area contributed by atoms with Crippen molar-refractivity contribution in [1.29, 1.82) is 0 Å². The summed E-state index contributed by atoms with van der Waals surface area (Å²) >= 11 is 0. The first-order chi connectivity index (χ1) is 10.1. The number of benzene rings is 1. The molecular weight excluding hydrogens is 274 g/mol. The molecule has 0 saturated carbocycles. The van der Waals surface area contributed by atoms with Gasteiger partial charge in [0, 0.05) is 25.1 Å². The van der Waals surface area contributed by atoms with Crippen LogP contribution in [0.2, 0.25) is 0 Å². The number of piperidine rings is 1. The second-order valence-corrected chi connectivity index (χ2v) is 5.23. The first-order valence-corrected chi connectivity index (χ1v) is 6.73. The number of nitrogens with one attached hydrogen (secondary N) is 2. The first kappa shape index (κ1) is 13.7. The molecule has 0 radical (unpaired) electrons. The summed E-state index contributed by atoms with van der Waals surface area (Å²) in [7, 11) is 0. The summed E-state index contributed by atoms with van der Waals surface area (Å²) < 4.78 is 0. The maximum absolute atomic E-state index is 12.4. The molecule has 1 unspecified atom stereocenters. The summed E-state index contributed by atoms with van der Waals surface area (Å²) in [5.74, 6) is -0.899. The minimum absolute atomic E-state index is 0.192. The van der Waals surface area contributed by atoms with Crippen molar-refractivity contribution in [2.75, 3.05) is 0 Å². The van der Waals surface area contributed by atoms with Gasteiger partial charge in [0.15, 0.2) is 0 Å². The zero-order chi connectivity index (χ0) is 15.0. The maximum atomic E-state index is 12.4. The summed E-state index contributed by atoms with van der Waals surface area (Å²) in [6.45, 7) is 0.638. The molecule has 1 saturated heterocycles. The summed E-state index contributed by atoms with van der Waals surface area (Å²) in [4.78, 5) is 37.0. The van der Waals surface area contributed by atoms with E-state index in [-0.39, 0.29) is 18.2 Å². The van der Waals surface area contributed by atoms with E-state index in [0.29, 0.717) is 25.1 Å². The topological polar surface area (TPSA) is 98.7 Å². The molecule has 1 fully saturated rings. The highest BCUT2D eigenvalue weighted by Gasteiger charge is 2.38. The number of fused-ring (bicyclic) bond motifs is 1. The Kier molecular flexibility index (Phi) is 3.44. The lowest BCUT2D eigenvalue weighted by atomic mass is 10.0. The molecule has 1 aromatic carbocycles. The number of carbonyl (C=O) groups excluding carboxylic acids is 3. The van der Waals surface area contributed by atoms with E-state index in [2.05, 4.69) is 10.8 Å². The van der Waals surface area contributed by atoms with Crippen molar-refractivity contribution < 1.29 is 19.6 Å². The lowest BCUT2D eigenvalue weighted by Crippen LogP contribution is -2.52. The van der Waals surface area contributed by atoms with Crippen LogP contribution in [-0.4, -0.2) is 33.9 Å². The van der Waals surface area contributed by atoms with Crippen LogP contribution in [0.3, 0.4) is 0 Å². The molecule has 0 spiro atoms. The van der Waals surface area contributed by atoms with Gasteiger partial charge in [-0.25, -0.2) is 5.48 Å². The summed E-state index contributed by atoms with van der Waals surface area (Å²) in [5, 5.41) is 11.0. The fraction of sp³-hybridized carbons (Fsp3) is 0.357. The Morgan fingerprint density at radius 2 is 2.14 bits per heavy atom. The third kappa shape index (κ3) is 2.41. The quantitative estimate of drug-likeness (QED) is 0.534. The number of carbonyl (C=O) groups is 3. The number of amides is 3. The largest absolute Gasteiger partial charge is 0.322 e. The molecule has 2 heterocycles. The molecule has 110 valence electrons. The van der Waals surface area contributed by atoms with Gasteiger partial charge in [0.05, 0.1) is 0 Å². The average Bonchev–Trinajstić information content (AvgIpc) is 2.76. The van der Waals surface area contributed by atoms with E-state index in [1.165, 1.54) is 4.90 Å². The third-order valence-corrected chi connectivity index (χ3v) is 3.87. The fourth-order valence-corrected chi connectivity index (χ4v) is 2.83. The van der Waals surface area contributed by atoms with Gasteiger partial charge in [-0.1, -0.05) is 12.1 Å². The van der Waals surface area contributed by atoms with Crippen molar-refractivity contribution in [3.63, 3.8) is 0 Å². The van der Waals surface area contributed by atoms with Crippen LogP contribution in [-0.2, 0) is 22.7 Å². The molecule has 21 heavy (non-hydrogen) atoms. The molecule has 3 amide bonds. The molecule has 1 aromatic rings. The van der Waals surface area contributed by atoms with Gasteiger partial charge in [-0.3, -0.25) is 19.7 Å². The molecule has 3 rings (SSSR count). The Morgan fingerprint density at radius 3 is 2.86 bits per heavy atom. The SMILES string of the molecule is O=C1CCC(N2Cc3cc(CNO)ccc3C2=O)C(=O)N1. The minimum atomic E-state index is -0.595. The standard InChI is InChI=1S/C14H15N3O4/c18-12-4-3-11(13(19)16-12)17-7-9-5-8(6-15-21)1-2-10(9)14(17)20/h1-2,5,11,15,21H,3-4,6-7H2,(H,16,18,19). The third-order valence-electron chi connectivity index (χ3n) is 3.87. The van der Waals surface area contributed by atoms with E-state index >= 15 is 0 Å². The summed E-state index contributed by atoms with van der Waals surface area (Å²) in [6, 6.07) is 4.70. The normalized spacial score (nSPS) is 21.5. The molecule has 0 aliphatic carbocycles. The van der Waals surface area contributed by atoms with E-state index in [9.17, 15) is 14.4 Å². The van der Waals surface area contributed by atoms with Crippen molar-refractivity contribution in [2.24, 2.45) is 0 Å². The molecular formula is C14H15N3O4. The van der Waals surface area contributed by atoms with Crippen LogP contribution in [0.4, 0.5) is 0 Å². The van der Waals surface area contributed by atoms with Gasteiger partial charge in [0.2, 0.25) is 11.8 Å². The van der Waals surface area contributed by atoms with Gasteiger partial charge in [-0.15, -0.1) is 0 Å². The van der Waals surface area contributed by atoms with Crippen LogP contribution >= 0.6 is 0 Å². The summed E-state index contributed by atoms with van der Waals surface area (Å²) in [6.07, 6.45) is 0.603. The Hall–Kier alpha value is -2.25. The van der Waals surface area contributed by atoms with Gasteiger partial charge >= 0.3 is 0 Å². The Bertz CT molecular complexity index is 629. The Balaban J connectivity index is 1.83. The number of rotatable bonds is 3.